The molecule has 8 nitrogen and oxygen atoms in total. The molecule has 1 fully saturated rings. The number of benzene rings is 2. The standard InChI is InChI=1S/C22H20N4O4/c27-20(14-3-5-15(6-4-14)24-21(28)19-2-1-13-30-19)23-16-7-9-17(10-8-16)25-22(29)26-18-11-12-18/h1-10,13,18H,11-12H2,(H,23,27)(H,24,28)(H2,25,26,29). The summed E-state index contributed by atoms with van der Waals surface area (Å²) in [5.74, 6) is -0.442. The third-order valence-electron chi connectivity index (χ3n) is 4.46. The Bertz CT molecular complexity index is 1040. The number of hydrogen-bond acceptors (Lipinski definition) is 4. The highest BCUT2D eigenvalue weighted by molar-refractivity contribution is 6.05. The number of rotatable bonds is 6. The molecule has 1 aliphatic rings. The fraction of sp³-hybridized carbons (Fsp3) is 0.136. The normalized spacial score (nSPS) is 12.7. The van der Waals surface area contributed by atoms with Gasteiger partial charge in [0.1, 0.15) is 0 Å². The van der Waals surface area contributed by atoms with Crippen LogP contribution in [0.4, 0.5) is 21.9 Å². The first-order valence-corrected chi connectivity index (χ1v) is 9.51. The second kappa shape index (κ2) is 8.52. The molecule has 8 heteroatoms. The molecule has 1 aromatic heterocycles. The predicted molar refractivity (Wildman–Crippen MR) is 113 cm³/mol. The number of carbonyl (C=O) groups excluding carboxylic acids is 3. The fourth-order valence-corrected chi connectivity index (χ4v) is 2.73. The minimum atomic E-state index is -0.364. The topological polar surface area (TPSA) is 112 Å². The summed E-state index contributed by atoms with van der Waals surface area (Å²) in [4.78, 5) is 36.2. The Hall–Kier alpha value is -4.07. The van der Waals surface area contributed by atoms with Crippen molar-refractivity contribution < 1.29 is 18.8 Å². The van der Waals surface area contributed by atoms with E-state index >= 15 is 0 Å². The zero-order valence-electron chi connectivity index (χ0n) is 16.0. The maximum atomic E-state index is 12.4. The van der Waals surface area contributed by atoms with Gasteiger partial charge in [0.25, 0.3) is 11.8 Å². The molecule has 0 radical (unpaired) electrons. The lowest BCUT2D eigenvalue weighted by molar-refractivity contribution is 0.0995. The van der Waals surface area contributed by atoms with Gasteiger partial charge in [0.05, 0.1) is 6.26 Å². The Kier molecular flexibility index (Phi) is 5.47. The maximum Gasteiger partial charge on any atom is 0.319 e. The first kappa shape index (κ1) is 19.3. The van der Waals surface area contributed by atoms with Crippen LogP contribution in [-0.2, 0) is 0 Å². The summed E-state index contributed by atoms with van der Waals surface area (Å²) < 4.78 is 5.04. The van der Waals surface area contributed by atoms with Gasteiger partial charge in [0, 0.05) is 28.7 Å². The zero-order chi connectivity index (χ0) is 20.9. The van der Waals surface area contributed by atoms with Crippen LogP contribution in [0.5, 0.6) is 0 Å². The fourth-order valence-electron chi connectivity index (χ4n) is 2.73. The first-order valence-electron chi connectivity index (χ1n) is 9.51. The molecule has 1 heterocycles. The number of hydrogen-bond donors (Lipinski definition) is 4. The molecule has 30 heavy (non-hydrogen) atoms. The molecule has 2 aromatic carbocycles. The van der Waals surface area contributed by atoms with Crippen LogP contribution in [0, 0.1) is 0 Å². The number of anilines is 3. The van der Waals surface area contributed by atoms with E-state index in [1.807, 2.05) is 0 Å². The number of carbonyl (C=O) groups is 3. The van der Waals surface area contributed by atoms with Gasteiger partial charge in [-0.15, -0.1) is 0 Å². The lowest BCUT2D eigenvalue weighted by atomic mass is 10.2. The maximum absolute atomic E-state index is 12.4. The van der Waals surface area contributed by atoms with Gasteiger partial charge in [-0.3, -0.25) is 9.59 Å². The highest BCUT2D eigenvalue weighted by Gasteiger charge is 2.23. The summed E-state index contributed by atoms with van der Waals surface area (Å²) in [6.07, 6.45) is 3.47. The van der Waals surface area contributed by atoms with E-state index in [9.17, 15) is 14.4 Å². The van der Waals surface area contributed by atoms with Crippen molar-refractivity contribution in [1.29, 1.82) is 0 Å². The van der Waals surface area contributed by atoms with E-state index in [4.69, 9.17) is 4.42 Å². The molecular weight excluding hydrogens is 384 g/mol. The smallest absolute Gasteiger partial charge is 0.319 e. The van der Waals surface area contributed by atoms with E-state index in [0.29, 0.717) is 22.6 Å². The van der Waals surface area contributed by atoms with E-state index in [1.54, 1.807) is 60.7 Å². The lowest BCUT2D eigenvalue weighted by Crippen LogP contribution is -2.30. The van der Waals surface area contributed by atoms with Crippen molar-refractivity contribution in [2.45, 2.75) is 18.9 Å². The summed E-state index contributed by atoms with van der Waals surface area (Å²) in [5, 5.41) is 11.1. The van der Waals surface area contributed by atoms with Crippen LogP contribution in [0.3, 0.4) is 0 Å². The molecule has 1 saturated carbocycles. The number of nitrogens with one attached hydrogen (secondary N) is 4. The van der Waals surface area contributed by atoms with Gasteiger partial charge >= 0.3 is 6.03 Å². The molecule has 4 amide bonds. The highest BCUT2D eigenvalue weighted by Crippen LogP contribution is 2.20. The quantitative estimate of drug-likeness (QED) is 0.496. The van der Waals surface area contributed by atoms with Gasteiger partial charge in [0.15, 0.2) is 5.76 Å². The molecular formula is C22H20N4O4. The second-order valence-electron chi connectivity index (χ2n) is 6.91. The summed E-state index contributed by atoms with van der Waals surface area (Å²) in [5.41, 5.74) is 2.23. The van der Waals surface area contributed by atoms with Gasteiger partial charge in [-0.25, -0.2) is 4.79 Å². The number of urea groups is 1. The number of furan rings is 1. The van der Waals surface area contributed by atoms with Crippen molar-refractivity contribution in [2.24, 2.45) is 0 Å². The van der Waals surface area contributed by atoms with Gasteiger partial charge in [-0.1, -0.05) is 0 Å². The molecule has 0 spiro atoms. The van der Waals surface area contributed by atoms with Crippen molar-refractivity contribution in [3.05, 3.63) is 78.3 Å². The SMILES string of the molecule is O=C(Nc1ccc(NC(=O)c2ccc(NC(=O)c3ccco3)cc2)cc1)NC1CC1. The zero-order valence-corrected chi connectivity index (χ0v) is 16.0. The van der Waals surface area contributed by atoms with Crippen LogP contribution in [-0.4, -0.2) is 23.9 Å². The molecule has 0 bridgehead atoms. The van der Waals surface area contributed by atoms with Gasteiger partial charge in [-0.2, -0.15) is 0 Å². The minimum Gasteiger partial charge on any atom is -0.459 e. The molecule has 0 aliphatic heterocycles. The van der Waals surface area contributed by atoms with Gasteiger partial charge < -0.3 is 25.7 Å². The van der Waals surface area contributed by atoms with Gasteiger partial charge in [0.2, 0.25) is 0 Å². The van der Waals surface area contributed by atoms with Crippen LogP contribution in [0.1, 0.15) is 33.8 Å². The van der Waals surface area contributed by atoms with E-state index in [1.165, 1.54) is 6.26 Å². The van der Waals surface area contributed by atoms with Crippen LogP contribution >= 0.6 is 0 Å². The molecule has 152 valence electrons. The largest absolute Gasteiger partial charge is 0.459 e. The number of amides is 4. The molecule has 1 aliphatic carbocycles. The lowest BCUT2D eigenvalue weighted by Gasteiger charge is -2.09. The van der Waals surface area contributed by atoms with E-state index < -0.39 is 0 Å². The third kappa shape index (κ3) is 5.05. The molecule has 0 atom stereocenters. The Morgan fingerprint density at radius 1 is 0.733 bits per heavy atom. The minimum absolute atomic E-state index is 0.208. The van der Waals surface area contributed by atoms with E-state index in [0.717, 1.165) is 12.8 Å². The first-order chi connectivity index (χ1) is 14.6. The Balaban J connectivity index is 1.30. The van der Waals surface area contributed by atoms with Crippen LogP contribution in [0.15, 0.2) is 71.3 Å². The molecule has 0 saturated heterocycles. The average Bonchev–Trinajstić information content (AvgIpc) is 3.37. The van der Waals surface area contributed by atoms with Crippen molar-refractivity contribution >= 4 is 34.9 Å². The Morgan fingerprint density at radius 3 is 1.87 bits per heavy atom. The van der Waals surface area contributed by atoms with Crippen molar-refractivity contribution in [3.8, 4) is 0 Å². The monoisotopic (exact) mass is 404 g/mol. The summed E-state index contributed by atoms with van der Waals surface area (Å²) >= 11 is 0. The predicted octanol–water partition coefficient (Wildman–Crippen LogP) is 4.07. The van der Waals surface area contributed by atoms with Crippen molar-refractivity contribution in [1.82, 2.24) is 5.32 Å². The second-order valence-corrected chi connectivity index (χ2v) is 6.91. The highest BCUT2D eigenvalue weighted by atomic mass is 16.3. The average molecular weight is 404 g/mol. The molecule has 0 unspecified atom stereocenters. The molecule has 4 rings (SSSR count). The van der Waals surface area contributed by atoms with Crippen LogP contribution in [0.2, 0.25) is 0 Å². The van der Waals surface area contributed by atoms with Crippen LogP contribution < -0.4 is 21.3 Å². The summed E-state index contributed by atoms with van der Waals surface area (Å²) in [7, 11) is 0. The van der Waals surface area contributed by atoms with E-state index in [2.05, 4.69) is 21.3 Å². The molecule has 4 N–H and O–H groups in total. The van der Waals surface area contributed by atoms with Crippen molar-refractivity contribution in [3.63, 3.8) is 0 Å². The van der Waals surface area contributed by atoms with E-state index in [-0.39, 0.29) is 29.6 Å². The Morgan fingerprint density at radius 2 is 1.30 bits per heavy atom. The Labute approximate surface area is 172 Å². The van der Waals surface area contributed by atoms with Crippen LogP contribution in [0.25, 0.3) is 0 Å². The van der Waals surface area contributed by atoms with Gasteiger partial charge in [-0.05, 0) is 73.5 Å². The molecule has 3 aromatic rings. The third-order valence-corrected chi connectivity index (χ3v) is 4.46. The summed E-state index contributed by atoms with van der Waals surface area (Å²) in [6.45, 7) is 0. The summed E-state index contributed by atoms with van der Waals surface area (Å²) in [6, 6.07) is 16.6. The van der Waals surface area contributed by atoms with Crippen molar-refractivity contribution in [2.75, 3.05) is 16.0 Å².